The standard InChI is InChI=1S/C22H27BrO6.C18H19BrO4.CH4O/c1-22(2,3)16-6-8-18(9-7-16)27-12-15-10-17(23)11-19(20(15)28-13-25-4)21(24)29-14-26-5;1-18(2,3)12-4-6-14(7-5-12)23-10-11-8-13(19)9-15(16(11)20)17(21)22;1-2/h6-11H,12-14H2,1-5H3;4-9,20H,10H2,1-3H3,(H,21,22);2H,1H3. The van der Waals surface area contributed by atoms with Gasteiger partial charge in [0.2, 0.25) is 0 Å². The van der Waals surface area contributed by atoms with Crippen molar-refractivity contribution in [2.45, 2.75) is 65.6 Å². The van der Waals surface area contributed by atoms with Gasteiger partial charge in [0.05, 0.1) is 0 Å². The van der Waals surface area contributed by atoms with Gasteiger partial charge in [0, 0.05) is 41.4 Å². The van der Waals surface area contributed by atoms with E-state index in [-0.39, 0.29) is 54.5 Å². The van der Waals surface area contributed by atoms with Crippen LogP contribution in [0.3, 0.4) is 0 Å². The minimum atomic E-state index is -1.18. The fourth-order valence-corrected chi connectivity index (χ4v) is 5.75. The van der Waals surface area contributed by atoms with E-state index in [1.54, 1.807) is 12.1 Å². The van der Waals surface area contributed by atoms with Crippen LogP contribution in [0.25, 0.3) is 0 Å². The van der Waals surface area contributed by atoms with Gasteiger partial charge in [0.25, 0.3) is 0 Å². The van der Waals surface area contributed by atoms with Crippen LogP contribution >= 0.6 is 31.9 Å². The number of aromatic carboxylic acids is 1. The number of methoxy groups -OCH3 is 2. The highest BCUT2D eigenvalue weighted by Crippen LogP contribution is 2.32. The number of aromatic hydroxyl groups is 1. The van der Waals surface area contributed by atoms with Crippen molar-refractivity contribution < 1.29 is 53.3 Å². The Morgan fingerprint density at radius 3 is 1.48 bits per heavy atom. The monoisotopic (exact) mass is 876 g/mol. The summed E-state index contributed by atoms with van der Waals surface area (Å²) in [5.41, 5.74) is 3.76. The summed E-state index contributed by atoms with van der Waals surface area (Å²) >= 11 is 6.67. The maximum Gasteiger partial charge on any atom is 0.344 e. The molecular formula is C41H50Br2O11. The second kappa shape index (κ2) is 21.7. The number of aliphatic hydroxyl groups excluding tert-OH is 1. The van der Waals surface area contributed by atoms with Crippen molar-refractivity contribution in [1.29, 1.82) is 0 Å². The molecule has 0 aromatic heterocycles. The molecule has 0 amide bonds. The Hall–Kier alpha value is -4.14. The molecule has 0 bridgehead atoms. The van der Waals surface area contributed by atoms with Gasteiger partial charge in [-0.1, -0.05) is 97.7 Å². The quantitative estimate of drug-likeness (QED) is 0.0871. The molecule has 0 radical (unpaired) electrons. The summed E-state index contributed by atoms with van der Waals surface area (Å²) in [4.78, 5) is 23.5. The molecule has 0 saturated carbocycles. The molecule has 4 aromatic rings. The highest BCUT2D eigenvalue weighted by molar-refractivity contribution is 9.10. The van der Waals surface area contributed by atoms with Gasteiger partial charge in [-0.2, -0.15) is 0 Å². The lowest BCUT2D eigenvalue weighted by atomic mass is 9.87. The van der Waals surface area contributed by atoms with Gasteiger partial charge in [-0.05, 0) is 70.5 Å². The largest absolute Gasteiger partial charge is 0.507 e. The van der Waals surface area contributed by atoms with E-state index in [0.717, 1.165) is 12.9 Å². The van der Waals surface area contributed by atoms with E-state index in [1.807, 2.05) is 54.6 Å². The van der Waals surface area contributed by atoms with Crippen molar-refractivity contribution in [3.05, 3.63) is 115 Å². The topological polar surface area (TPSA) is 150 Å². The second-order valence-corrected chi connectivity index (χ2v) is 15.6. The number of carbonyl (C=O) groups excluding carboxylic acids is 1. The average molecular weight is 879 g/mol. The van der Waals surface area contributed by atoms with Crippen molar-refractivity contribution in [3.63, 3.8) is 0 Å². The van der Waals surface area contributed by atoms with Crippen LogP contribution in [0, 0.1) is 0 Å². The molecule has 0 fully saturated rings. The highest BCUT2D eigenvalue weighted by Gasteiger charge is 2.21. The number of phenols is 1. The maximum absolute atomic E-state index is 12.4. The summed E-state index contributed by atoms with van der Waals surface area (Å²) < 4.78 is 33.4. The highest BCUT2D eigenvalue weighted by atomic mass is 79.9. The molecule has 0 atom stereocenters. The number of carboxylic acid groups (broad SMARTS) is 1. The molecule has 0 aliphatic carbocycles. The zero-order valence-electron chi connectivity index (χ0n) is 32.1. The third-order valence-corrected chi connectivity index (χ3v) is 8.51. The Balaban J connectivity index is 0.000000365. The number of carbonyl (C=O) groups is 2. The Morgan fingerprint density at radius 2 is 1.06 bits per heavy atom. The molecule has 0 aliphatic heterocycles. The minimum absolute atomic E-state index is 0.0144. The van der Waals surface area contributed by atoms with Crippen LogP contribution in [-0.2, 0) is 38.3 Å². The molecule has 0 heterocycles. The zero-order valence-corrected chi connectivity index (χ0v) is 35.3. The molecular weight excluding hydrogens is 828 g/mol. The first-order valence-corrected chi connectivity index (χ1v) is 18.3. The Labute approximate surface area is 334 Å². The number of carboxylic acids is 1. The minimum Gasteiger partial charge on any atom is -0.507 e. The second-order valence-electron chi connectivity index (χ2n) is 13.7. The van der Waals surface area contributed by atoms with Gasteiger partial charge in [-0.3, -0.25) is 0 Å². The molecule has 0 aliphatic rings. The zero-order chi connectivity index (χ0) is 40.6. The molecule has 13 heteroatoms. The van der Waals surface area contributed by atoms with E-state index < -0.39 is 11.9 Å². The van der Waals surface area contributed by atoms with Crippen LogP contribution in [-0.4, -0.2) is 62.2 Å². The number of rotatable bonds is 13. The lowest BCUT2D eigenvalue weighted by Gasteiger charge is -2.19. The van der Waals surface area contributed by atoms with E-state index in [4.69, 9.17) is 38.6 Å². The molecule has 11 nitrogen and oxygen atoms in total. The lowest BCUT2D eigenvalue weighted by molar-refractivity contribution is -0.0133. The van der Waals surface area contributed by atoms with Gasteiger partial charge < -0.3 is 43.7 Å². The van der Waals surface area contributed by atoms with Crippen molar-refractivity contribution in [1.82, 2.24) is 0 Å². The van der Waals surface area contributed by atoms with E-state index in [2.05, 4.69) is 73.4 Å². The van der Waals surface area contributed by atoms with Crippen LogP contribution in [0.4, 0.5) is 0 Å². The first kappa shape index (κ1) is 46.0. The Morgan fingerprint density at radius 1 is 0.630 bits per heavy atom. The number of hydrogen-bond donors (Lipinski definition) is 3. The van der Waals surface area contributed by atoms with Gasteiger partial charge in [0.15, 0.2) is 13.6 Å². The molecule has 0 saturated heterocycles. The van der Waals surface area contributed by atoms with Crippen LogP contribution in [0.5, 0.6) is 23.0 Å². The van der Waals surface area contributed by atoms with E-state index in [1.165, 1.54) is 31.4 Å². The first-order valence-electron chi connectivity index (χ1n) is 16.7. The van der Waals surface area contributed by atoms with Crippen LogP contribution in [0.15, 0.2) is 81.7 Å². The number of esters is 1. The lowest BCUT2D eigenvalue weighted by Crippen LogP contribution is -2.13. The molecule has 4 rings (SSSR count). The smallest absolute Gasteiger partial charge is 0.344 e. The summed E-state index contributed by atoms with van der Waals surface area (Å²) in [6.45, 7) is 13.0. The molecule has 0 spiro atoms. The summed E-state index contributed by atoms with van der Waals surface area (Å²) in [5.74, 6) is -0.280. The molecule has 4 aromatic carbocycles. The van der Waals surface area contributed by atoms with E-state index >= 15 is 0 Å². The van der Waals surface area contributed by atoms with Crippen molar-refractivity contribution in [3.8, 4) is 23.0 Å². The van der Waals surface area contributed by atoms with Crippen molar-refractivity contribution in [2.24, 2.45) is 0 Å². The van der Waals surface area contributed by atoms with Crippen LogP contribution in [0.2, 0.25) is 0 Å². The van der Waals surface area contributed by atoms with Gasteiger partial charge >= 0.3 is 11.9 Å². The van der Waals surface area contributed by atoms with E-state index in [0.29, 0.717) is 31.6 Å². The predicted molar refractivity (Wildman–Crippen MR) is 214 cm³/mol. The van der Waals surface area contributed by atoms with Gasteiger partial charge in [0.1, 0.15) is 47.3 Å². The number of hydrogen-bond acceptors (Lipinski definition) is 10. The summed E-state index contributed by atoms with van der Waals surface area (Å²) in [7, 11) is 3.95. The third kappa shape index (κ3) is 14.3. The van der Waals surface area contributed by atoms with Crippen LogP contribution < -0.4 is 14.2 Å². The summed E-state index contributed by atoms with van der Waals surface area (Å²) in [5, 5.41) is 26.1. The molecule has 3 N–H and O–H groups in total. The fraction of sp³-hybridized carbons (Fsp3) is 0.366. The van der Waals surface area contributed by atoms with Crippen LogP contribution in [0.1, 0.15) is 84.5 Å². The first-order chi connectivity index (χ1) is 25.4. The number of halogens is 2. The van der Waals surface area contributed by atoms with Gasteiger partial charge in [-0.25, -0.2) is 9.59 Å². The number of benzene rings is 4. The third-order valence-electron chi connectivity index (χ3n) is 7.59. The maximum atomic E-state index is 12.4. The van der Waals surface area contributed by atoms with E-state index in [9.17, 15) is 14.7 Å². The molecule has 294 valence electrons. The summed E-state index contributed by atoms with van der Waals surface area (Å²) in [6.07, 6.45) is 0. The fourth-order valence-electron chi connectivity index (χ4n) is 4.74. The predicted octanol–water partition coefficient (Wildman–Crippen LogP) is 9.41. The molecule has 54 heavy (non-hydrogen) atoms. The SMILES string of the molecule is CC(C)(C)c1ccc(OCc2cc(Br)cc(C(=O)O)c2O)cc1.CO.COCOC(=O)c1cc(Br)cc(COc2ccc(C(C)(C)C)cc2)c1OCOC. The Bertz CT molecular complexity index is 1790. The number of aliphatic hydroxyl groups is 1. The normalized spacial score (nSPS) is 11.0. The molecule has 0 unspecified atom stereocenters. The Kier molecular flexibility index (Phi) is 18.5. The summed E-state index contributed by atoms with van der Waals surface area (Å²) in [6, 6.07) is 22.2. The van der Waals surface area contributed by atoms with Gasteiger partial charge in [-0.15, -0.1) is 0 Å². The van der Waals surface area contributed by atoms with Crippen molar-refractivity contribution in [2.75, 3.05) is 34.9 Å². The average Bonchev–Trinajstić information content (AvgIpc) is 3.13. The van der Waals surface area contributed by atoms with Crippen molar-refractivity contribution >= 4 is 43.8 Å². The number of ether oxygens (including phenoxy) is 6.